The van der Waals surface area contributed by atoms with Crippen LogP contribution in [0.4, 0.5) is 5.69 Å². The number of amides is 1. The molecule has 0 radical (unpaired) electrons. The molecule has 0 bridgehead atoms. The second-order valence-electron chi connectivity index (χ2n) is 6.20. The summed E-state index contributed by atoms with van der Waals surface area (Å²) in [5.74, 6) is 0.473. The number of Topliss-reactive ketones (excluding diaryl/α,β-unsaturated/α-hetero) is 1. The number of carbonyl (C=O) groups excluding carboxylic acids is 2. The third kappa shape index (κ3) is 4.08. The first-order valence-electron chi connectivity index (χ1n) is 8.64. The van der Waals surface area contributed by atoms with Gasteiger partial charge in [0.15, 0.2) is 23.4 Å². The van der Waals surface area contributed by atoms with Gasteiger partial charge in [-0.1, -0.05) is 36.4 Å². The number of hydrogen-bond acceptors (Lipinski definition) is 4. The van der Waals surface area contributed by atoms with E-state index in [1.165, 1.54) is 14.0 Å². The Morgan fingerprint density at radius 2 is 1.70 bits per heavy atom. The quantitative estimate of drug-likeness (QED) is 0.657. The van der Waals surface area contributed by atoms with Crippen molar-refractivity contribution in [1.82, 2.24) is 0 Å². The van der Waals surface area contributed by atoms with Gasteiger partial charge in [-0.25, -0.2) is 0 Å². The summed E-state index contributed by atoms with van der Waals surface area (Å²) < 4.78 is 11.1. The van der Waals surface area contributed by atoms with E-state index >= 15 is 0 Å². The Balaban J connectivity index is 1.77. The number of nitrogens with one attached hydrogen (secondary N) is 1. The van der Waals surface area contributed by atoms with Crippen LogP contribution in [0.1, 0.15) is 24.2 Å². The van der Waals surface area contributed by atoms with Crippen LogP contribution in [0.25, 0.3) is 10.8 Å². The second-order valence-corrected chi connectivity index (χ2v) is 6.20. The van der Waals surface area contributed by atoms with Crippen molar-refractivity contribution < 1.29 is 19.1 Å². The molecule has 0 aliphatic rings. The Labute approximate surface area is 157 Å². The predicted molar refractivity (Wildman–Crippen MR) is 106 cm³/mol. The van der Waals surface area contributed by atoms with Crippen molar-refractivity contribution in [3.63, 3.8) is 0 Å². The molecular formula is C22H21NO4. The molecular weight excluding hydrogens is 342 g/mol. The molecule has 0 fully saturated rings. The molecule has 0 aliphatic carbocycles. The van der Waals surface area contributed by atoms with Crippen LogP contribution in [0.5, 0.6) is 11.5 Å². The van der Waals surface area contributed by atoms with Crippen LogP contribution in [0.3, 0.4) is 0 Å². The van der Waals surface area contributed by atoms with E-state index in [1.807, 2.05) is 42.5 Å². The molecule has 5 nitrogen and oxygen atoms in total. The standard InChI is InChI=1S/C22H21NO4/c1-14(24)17-11-12-20(21(13-17)26-3)27-15(2)22(25)23-19-10-6-8-16-7-4-5-9-18(16)19/h4-13,15H,1-3H3,(H,23,25)/t15-/m1/s1. The van der Waals surface area contributed by atoms with Crippen LogP contribution in [0.2, 0.25) is 0 Å². The molecule has 0 aromatic heterocycles. The lowest BCUT2D eigenvalue weighted by molar-refractivity contribution is -0.122. The van der Waals surface area contributed by atoms with E-state index < -0.39 is 6.10 Å². The smallest absolute Gasteiger partial charge is 0.265 e. The molecule has 1 atom stereocenters. The van der Waals surface area contributed by atoms with Crippen LogP contribution >= 0.6 is 0 Å². The molecule has 3 aromatic rings. The molecule has 0 heterocycles. The van der Waals surface area contributed by atoms with Gasteiger partial charge in [-0.05, 0) is 43.5 Å². The largest absolute Gasteiger partial charge is 0.493 e. The van der Waals surface area contributed by atoms with Gasteiger partial charge in [0.1, 0.15) is 0 Å². The second kappa shape index (κ2) is 7.91. The highest BCUT2D eigenvalue weighted by molar-refractivity contribution is 6.03. The maximum Gasteiger partial charge on any atom is 0.265 e. The molecule has 0 unspecified atom stereocenters. The SMILES string of the molecule is COc1cc(C(C)=O)ccc1O[C@H](C)C(=O)Nc1cccc2ccccc12. The van der Waals surface area contributed by atoms with Crippen LogP contribution < -0.4 is 14.8 Å². The minimum atomic E-state index is -0.749. The number of anilines is 1. The van der Waals surface area contributed by atoms with Gasteiger partial charge >= 0.3 is 0 Å². The molecule has 1 amide bonds. The number of carbonyl (C=O) groups is 2. The van der Waals surface area contributed by atoms with E-state index in [0.29, 0.717) is 17.1 Å². The maximum absolute atomic E-state index is 12.6. The lowest BCUT2D eigenvalue weighted by Crippen LogP contribution is -2.30. The molecule has 27 heavy (non-hydrogen) atoms. The van der Waals surface area contributed by atoms with Crippen LogP contribution in [0, 0.1) is 0 Å². The van der Waals surface area contributed by atoms with Gasteiger partial charge in [0, 0.05) is 16.6 Å². The summed E-state index contributed by atoms with van der Waals surface area (Å²) >= 11 is 0. The number of ether oxygens (including phenoxy) is 2. The molecule has 0 saturated heterocycles. The third-order valence-electron chi connectivity index (χ3n) is 4.29. The first-order valence-corrected chi connectivity index (χ1v) is 8.64. The van der Waals surface area contributed by atoms with Crippen molar-refractivity contribution in [3.05, 3.63) is 66.2 Å². The van der Waals surface area contributed by atoms with E-state index in [9.17, 15) is 9.59 Å². The van der Waals surface area contributed by atoms with Crippen molar-refractivity contribution in [2.75, 3.05) is 12.4 Å². The fraction of sp³-hybridized carbons (Fsp3) is 0.182. The van der Waals surface area contributed by atoms with Crippen LogP contribution in [-0.2, 0) is 4.79 Å². The summed E-state index contributed by atoms with van der Waals surface area (Å²) in [5, 5.41) is 4.92. The Morgan fingerprint density at radius 3 is 2.44 bits per heavy atom. The van der Waals surface area contributed by atoms with Gasteiger partial charge in [0.05, 0.1) is 7.11 Å². The Kier molecular flexibility index (Phi) is 5.41. The number of benzene rings is 3. The number of rotatable bonds is 6. The zero-order valence-electron chi connectivity index (χ0n) is 15.5. The van der Waals surface area contributed by atoms with Crippen LogP contribution in [0.15, 0.2) is 60.7 Å². The monoisotopic (exact) mass is 363 g/mol. The first kappa shape index (κ1) is 18.5. The zero-order valence-corrected chi connectivity index (χ0v) is 15.5. The number of fused-ring (bicyclic) bond motifs is 1. The van der Waals surface area contributed by atoms with Crippen molar-refractivity contribution in [3.8, 4) is 11.5 Å². The molecule has 5 heteroatoms. The van der Waals surface area contributed by atoms with Gasteiger partial charge in [-0.3, -0.25) is 9.59 Å². The minimum Gasteiger partial charge on any atom is -0.493 e. The van der Waals surface area contributed by atoms with Gasteiger partial charge < -0.3 is 14.8 Å². The fourth-order valence-corrected chi connectivity index (χ4v) is 2.80. The van der Waals surface area contributed by atoms with Crippen molar-refractivity contribution in [2.24, 2.45) is 0 Å². The third-order valence-corrected chi connectivity index (χ3v) is 4.29. The predicted octanol–water partition coefficient (Wildman–Crippen LogP) is 4.46. The van der Waals surface area contributed by atoms with E-state index in [0.717, 1.165) is 16.5 Å². The Hall–Kier alpha value is -3.34. The van der Waals surface area contributed by atoms with Crippen LogP contribution in [-0.4, -0.2) is 24.9 Å². The van der Waals surface area contributed by atoms with Gasteiger partial charge in [0.2, 0.25) is 0 Å². The summed E-state index contributed by atoms with van der Waals surface area (Å²) in [6.07, 6.45) is -0.749. The minimum absolute atomic E-state index is 0.0680. The van der Waals surface area contributed by atoms with Crippen molar-refractivity contribution in [2.45, 2.75) is 20.0 Å². The molecule has 138 valence electrons. The molecule has 0 aliphatic heterocycles. The molecule has 3 aromatic carbocycles. The first-order chi connectivity index (χ1) is 13.0. The van der Waals surface area contributed by atoms with E-state index in [2.05, 4.69) is 5.32 Å². The summed E-state index contributed by atoms with van der Waals surface area (Å²) in [5.41, 5.74) is 1.25. The average molecular weight is 363 g/mol. The van der Waals surface area contributed by atoms with Gasteiger partial charge in [0.25, 0.3) is 5.91 Å². The highest BCUT2D eigenvalue weighted by Gasteiger charge is 2.18. The molecule has 0 spiro atoms. The van der Waals surface area contributed by atoms with E-state index in [-0.39, 0.29) is 11.7 Å². The highest BCUT2D eigenvalue weighted by Crippen LogP contribution is 2.29. The summed E-state index contributed by atoms with van der Waals surface area (Å²) in [7, 11) is 1.49. The Bertz CT molecular complexity index is 991. The lowest BCUT2D eigenvalue weighted by Gasteiger charge is -2.17. The number of methoxy groups -OCH3 is 1. The van der Waals surface area contributed by atoms with Gasteiger partial charge in [-0.15, -0.1) is 0 Å². The zero-order chi connectivity index (χ0) is 19.4. The van der Waals surface area contributed by atoms with Gasteiger partial charge in [-0.2, -0.15) is 0 Å². The normalized spacial score (nSPS) is 11.7. The number of ketones is 1. The molecule has 0 saturated carbocycles. The summed E-state index contributed by atoms with van der Waals surface area (Å²) in [6, 6.07) is 18.5. The van der Waals surface area contributed by atoms with E-state index in [4.69, 9.17) is 9.47 Å². The molecule has 1 N–H and O–H groups in total. The highest BCUT2D eigenvalue weighted by atomic mass is 16.5. The fourth-order valence-electron chi connectivity index (χ4n) is 2.80. The van der Waals surface area contributed by atoms with Crippen molar-refractivity contribution in [1.29, 1.82) is 0 Å². The lowest BCUT2D eigenvalue weighted by atomic mass is 10.1. The Morgan fingerprint density at radius 1 is 0.963 bits per heavy atom. The molecule has 3 rings (SSSR count). The van der Waals surface area contributed by atoms with E-state index in [1.54, 1.807) is 25.1 Å². The summed E-state index contributed by atoms with van der Waals surface area (Å²) in [6.45, 7) is 3.15. The average Bonchev–Trinajstić information content (AvgIpc) is 2.68. The summed E-state index contributed by atoms with van der Waals surface area (Å²) in [4.78, 5) is 24.1. The van der Waals surface area contributed by atoms with Crippen molar-refractivity contribution >= 4 is 28.2 Å². The maximum atomic E-state index is 12.6. The topological polar surface area (TPSA) is 64.6 Å². The number of hydrogen-bond donors (Lipinski definition) is 1.